The summed E-state index contributed by atoms with van der Waals surface area (Å²) in [4.78, 5) is 15.3. The Morgan fingerprint density at radius 1 is 1.32 bits per heavy atom. The van der Waals surface area contributed by atoms with Crippen molar-refractivity contribution in [2.45, 2.75) is 63.5 Å². The van der Waals surface area contributed by atoms with Crippen molar-refractivity contribution in [3.05, 3.63) is 34.9 Å². The van der Waals surface area contributed by atoms with E-state index in [1.54, 1.807) is 0 Å². The standard InChI is InChI=1S/C19H25NO2/c1-13-4-7-16(15-5-6-15)17(10-13)18(21)20-12-19(8-3-9-19)22-11-14(20)2/h4,7,10,14-15H,3,5-6,8-9,11-12H2,1-2H3. The summed E-state index contributed by atoms with van der Waals surface area (Å²) in [5, 5.41) is 0. The molecule has 4 rings (SSSR count). The molecule has 0 aromatic heterocycles. The van der Waals surface area contributed by atoms with E-state index in [0.29, 0.717) is 12.5 Å². The normalized spacial score (nSPS) is 26.8. The number of benzene rings is 1. The Hall–Kier alpha value is -1.35. The number of amides is 1. The van der Waals surface area contributed by atoms with Crippen LogP contribution in [0.3, 0.4) is 0 Å². The predicted molar refractivity (Wildman–Crippen MR) is 86.2 cm³/mol. The largest absolute Gasteiger partial charge is 0.371 e. The number of hydrogen-bond donors (Lipinski definition) is 0. The monoisotopic (exact) mass is 299 g/mol. The van der Waals surface area contributed by atoms with Gasteiger partial charge in [0.1, 0.15) is 0 Å². The molecule has 0 bridgehead atoms. The van der Waals surface area contributed by atoms with Crippen LogP contribution in [-0.4, -0.2) is 35.6 Å². The lowest BCUT2D eigenvalue weighted by Gasteiger charge is -2.50. The third kappa shape index (κ3) is 2.36. The molecule has 22 heavy (non-hydrogen) atoms. The van der Waals surface area contributed by atoms with Crippen molar-refractivity contribution in [1.82, 2.24) is 4.90 Å². The molecule has 3 nitrogen and oxygen atoms in total. The first-order valence-electron chi connectivity index (χ1n) is 8.63. The van der Waals surface area contributed by atoms with E-state index in [1.165, 1.54) is 30.4 Å². The van der Waals surface area contributed by atoms with Crippen molar-refractivity contribution >= 4 is 5.91 Å². The zero-order valence-corrected chi connectivity index (χ0v) is 13.6. The molecule has 3 aliphatic rings. The van der Waals surface area contributed by atoms with Crippen LogP contribution in [0.5, 0.6) is 0 Å². The van der Waals surface area contributed by atoms with Gasteiger partial charge in [-0.25, -0.2) is 0 Å². The predicted octanol–water partition coefficient (Wildman–Crippen LogP) is 3.66. The minimum Gasteiger partial charge on any atom is -0.371 e. The Bertz CT molecular complexity index is 601. The Morgan fingerprint density at radius 3 is 2.73 bits per heavy atom. The number of carbonyl (C=O) groups is 1. The highest BCUT2D eigenvalue weighted by atomic mass is 16.5. The summed E-state index contributed by atoms with van der Waals surface area (Å²) in [6.45, 7) is 5.63. The average molecular weight is 299 g/mol. The van der Waals surface area contributed by atoms with Gasteiger partial charge in [0, 0.05) is 5.56 Å². The first-order chi connectivity index (χ1) is 10.6. The molecule has 1 amide bonds. The van der Waals surface area contributed by atoms with Crippen LogP contribution in [0.2, 0.25) is 0 Å². The van der Waals surface area contributed by atoms with Crippen molar-refractivity contribution in [3.8, 4) is 0 Å². The van der Waals surface area contributed by atoms with Crippen molar-refractivity contribution in [3.63, 3.8) is 0 Å². The minimum atomic E-state index is -0.0360. The first kappa shape index (κ1) is 14.3. The highest BCUT2D eigenvalue weighted by Crippen LogP contribution is 2.43. The molecular weight excluding hydrogens is 274 g/mol. The van der Waals surface area contributed by atoms with Crippen molar-refractivity contribution < 1.29 is 9.53 Å². The van der Waals surface area contributed by atoms with Crippen molar-refractivity contribution in [1.29, 1.82) is 0 Å². The molecule has 3 fully saturated rings. The van der Waals surface area contributed by atoms with Crippen LogP contribution in [0.4, 0.5) is 0 Å². The summed E-state index contributed by atoms with van der Waals surface area (Å²) in [5.41, 5.74) is 3.33. The topological polar surface area (TPSA) is 29.5 Å². The molecule has 2 aliphatic carbocycles. The fourth-order valence-corrected chi connectivity index (χ4v) is 3.81. The third-order valence-electron chi connectivity index (χ3n) is 5.60. The zero-order chi connectivity index (χ0) is 15.3. The quantitative estimate of drug-likeness (QED) is 0.834. The first-order valence-corrected chi connectivity index (χ1v) is 8.63. The van der Waals surface area contributed by atoms with E-state index in [4.69, 9.17) is 4.74 Å². The Kier molecular flexibility index (Phi) is 3.30. The van der Waals surface area contributed by atoms with E-state index in [-0.39, 0.29) is 17.6 Å². The van der Waals surface area contributed by atoms with Gasteiger partial charge in [0.25, 0.3) is 5.91 Å². The molecule has 118 valence electrons. The number of morpholine rings is 1. The van der Waals surface area contributed by atoms with Crippen molar-refractivity contribution in [2.75, 3.05) is 13.2 Å². The maximum atomic E-state index is 13.2. The Balaban J connectivity index is 1.64. The van der Waals surface area contributed by atoms with E-state index >= 15 is 0 Å². The van der Waals surface area contributed by atoms with Crippen LogP contribution < -0.4 is 0 Å². The summed E-state index contributed by atoms with van der Waals surface area (Å²) in [5.74, 6) is 0.821. The van der Waals surface area contributed by atoms with Crippen LogP contribution in [-0.2, 0) is 4.74 Å². The van der Waals surface area contributed by atoms with Crippen LogP contribution in [0.1, 0.15) is 66.4 Å². The SMILES string of the molecule is Cc1ccc(C2CC2)c(C(=O)N2CC3(CCC3)OCC2C)c1. The molecule has 0 radical (unpaired) electrons. The zero-order valence-electron chi connectivity index (χ0n) is 13.6. The number of rotatable bonds is 2. The van der Waals surface area contributed by atoms with Gasteiger partial charge in [-0.15, -0.1) is 0 Å². The van der Waals surface area contributed by atoms with Gasteiger partial charge in [0.2, 0.25) is 0 Å². The summed E-state index contributed by atoms with van der Waals surface area (Å²) < 4.78 is 6.05. The van der Waals surface area contributed by atoms with Gasteiger partial charge in [-0.3, -0.25) is 4.79 Å². The molecule has 1 unspecified atom stereocenters. The molecule has 1 spiro atoms. The molecule has 1 atom stereocenters. The molecule has 1 heterocycles. The lowest BCUT2D eigenvalue weighted by Crippen LogP contribution is -2.60. The van der Waals surface area contributed by atoms with Gasteiger partial charge in [-0.1, -0.05) is 17.7 Å². The fourth-order valence-electron chi connectivity index (χ4n) is 3.81. The molecule has 1 aromatic carbocycles. The average Bonchev–Trinajstić information content (AvgIpc) is 3.30. The van der Waals surface area contributed by atoms with E-state index in [0.717, 1.165) is 24.9 Å². The van der Waals surface area contributed by atoms with Gasteiger partial charge >= 0.3 is 0 Å². The van der Waals surface area contributed by atoms with Gasteiger partial charge in [0.15, 0.2) is 0 Å². The molecule has 0 N–H and O–H groups in total. The maximum Gasteiger partial charge on any atom is 0.254 e. The second kappa shape index (κ2) is 5.09. The minimum absolute atomic E-state index is 0.0360. The van der Waals surface area contributed by atoms with Crippen LogP contribution in [0, 0.1) is 6.92 Å². The summed E-state index contributed by atoms with van der Waals surface area (Å²) in [6.07, 6.45) is 5.89. The van der Waals surface area contributed by atoms with Gasteiger partial charge in [-0.2, -0.15) is 0 Å². The molecule has 2 saturated carbocycles. The maximum absolute atomic E-state index is 13.2. The van der Waals surface area contributed by atoms with Crippen LogP contribution in [0.25, 0.3) is 0 Å². The molecule has 1 aromatic rings. The number of carbonyl (C=O) groups excluding carboxylic acids is 1. The van der Waals surface area contributed by atoms with E-state index < -0.39 is 0 Å². The van der Waals surface area contributed by atoms with Gasteiger partial charge in [-0.05, 0) is 63.5 Å². The summed E-state index contributed by atoms with van der Waals surface area (Å²) in [7, 11) is 0. The van der Waals surface area contributed by atoms with Crippen LogP contribution >= 0.6 is 0 Å². The molecule has 3 heteroatoms. The lowest BCUT2D eigenvalue weighted by atomic mass is 9.78. The van der Waals surface area contributed by atoms with E-state index in [1.807, 2.05) is 0 Å². The van der Waals surface area contributed by atoms with Crippen LogP contribution in [0.15, 0.2) is 18.2 Å². The summed E-state index contributed by atoms with van der Waals surface area (Å²) in [6, 6.07) is 6.57. The molecular formula is C19H25NO2. The lowest BCUT2D eigenvalue weighted by molar-refractivity contribution is -0.158. The van der Waals surface area contributed by atoms with Crippen molar-refractivity contribution in [2.24, 2.45) is 0 Å². The number of hydrogen-bond acceptors (Lipinski definition) is 2. The number of ether oxygens (including phenoxy) is 1. The molecule has 1 saturated heterocycles. The second-order valence-electron chi connectivity index (χ2n) is 7.49. The highest BCUT2D eigenvalue weighted by molar-refractivity contribution is 5.96. The Morgan fingerprint density at radius 2 is 2.09 bits per heavy atom. The molecule has 1 aliphatic heterocycles. The third-order valence-corrected chi connectivity index (χ3v) is 5.60. The Labute approximate surface area is 132 Å². The number of aryl methyl sites for hydroxylation is 1. The van der Waals surface area contributed by atoms with Gasteiger partial charge < -0.3 is 9.64 Å². The second-order valence-corrected chi connectivity index (χ2v) is 7.49. The van der Waals surface area contributed by atoms with E-state index in [9.17, 15) is 4.79 Å². The van der Waals surface area contributed by atoms with E-state index in [2.05, 4.69) is 36.9 Å². The fraction of sp³-hybridized carbons (Fsp3) is 0.632. The number of nitrogens with zero attached hydrogens (tertiary/aromatic N) is 1. The highest BCUT2D eigenvalue weighted by Gasteiger charge is 2.45. The summed E-state index contributed by atoms with van der Waals surface area (Å²) >= 11 is 0. The van der Waals surface area contributed by atoms with Gasteiger partial charge in [0.05, 0.1) is 24.8 Å². The smallest absolute Gasteiger partial charge is 0.254 e.